The summed E-state index contributed by atoms with van der Waals surface area (Å²) >= 11 is 0. The highest BCUT2D eigenvalue weighted by Gasteiger charge is 2.10. The number of H-pyrrole nitrogens is 1. The van der Waals surface area contributed by atoms with Crippen molar-refractivity contribution in [1.82, 2.24) is 20.2 Å². The largest absolute Gasteiger partial charge is 0.347 e. The van der Waals surface area contributed by atoms with E-state index in [0.717, 1.165) is 28.5 Å². The first-order valence-electron chi connectivity index (χ1n) is 5.11. The van der Waals surface area contributed by atoms with Gasteiger partial charge in [0.1, 0.15) is 0 Å². The third-order valence-electron chi connectivity index (χ3n) is 2.46. The van der Waals surface area contributed by atoms with Crippen LogP contribution in [-0.4, -0.2) is 34.3 Å². The van der Waals surface area contributed by atoms with E-state index in [1.54, 1.807) is 6.20 Å². The summed E-state index contributed by atoms with van der Waals surface area (Å²) in [6.07, 6.45) is 3.63. The number of aromatic nitrogens is 4. The van der Waals surface area contributed by atoms with Gasteiger partial charge in [-0.3, -0.25) is 5.10 Å². The standard InChI is InChI=1S/C11H15N5/c1-7-5-13-15-10(7)9-6-12-11(16(3)4)14-8(9)2/h5-6H,1-4H3,(H,13,15). The number of aryl methyl sites for hydroxylation is 2. The molecule has 2 heterocycles. The second-order valence-electron chi connectivity index (χ2n) is 3.99. The molecule has 1 N–H and O–H groups in total. The third-order valence-corrected chi connectivity index (χ3v) is 2.46. The SMILES string of the molecule is Cc1cn[nH]c1-c1cnc(N(C)C)nc1C. The second-order valence-corrected chi connectivity index (χ2v) is 3.99. The molecular weight excluding hydrogens is 202 g/mol. The molecule has 0 aliphatic carbocycles. The number of aromatic amines is 1. The lowest BCUT2D eigenvalue weighted by Gasteiger charge is -2.11. The van der Waals surface area contributed by atoms with Gasteiger partial charge in [-0.1, -0.05) is 0 Å². The predicted molar refractivity (Wildman–Crippen MR) is 63.4 cm³/mol. The summed E-state index contributed by atoms with van der Waals surface area (Å²) in [6.45, 7) is 3.99. The van der Waals surface area contributed by atoms with Crippen molar-refractivity contribution in [2.24, 2.45) is 0 Å². The van der Waals surface area contributed by atoms with Crippen LogP contribution < -0.4 is 4.90 Å². The van der Waals surface area contributed by atoms with E-state index in [4.69, 9.17) is 0 Å². The average molecular weight is 217 g/mol. The van der Waals surface area contributed by atoms with Crippen molar-refractivity contribution in [3.8, 4) is 11.3 Å². The summed E-state index contributed by atoms with van der Waals surface area (Å²) in [4.78, 5) is 10.6. The van der Waals surface area contributed by atoms with E-state index in [0.29, 0.717) is 0 Å². The molecule has 0 spiro atoms. The molecule has 0 saturated heterocycles. The Morgan fingerprint density at radius 1 is 1.19 bits per heavy atom. The smallest absolute Gasteiger partial charge is 0.225 e. The molecule has 2 aromatic heterocycles. The molecule has 0 amide bonds. The van der Waals surface area contributed by atoms with Crippen LogP contribution in [0.5, 0.6) is 0 Å². The van der Waals surface area contributed by atoms with Gasteiger partial charge >= 0.3 is 0 Å². The zero-order valence-electron chi connectivity index (χ0n) is 9.94. The second kappa shape index (κ2) is 3.92. The fourth-order valence-corrected chi connectivity index (χ4v) is 1.53. The fraction of sp³-hybridized carbons (Fsp3) is 0.364. The molecule has 0 atom stereocenters. The molecular formula is C11H15N5. The van der Waals surface area contributed by atoms with Crippen molar-refractivity contribution >= 4 is 5.95 Å². The summed E-state index contributed by atoms with van der Waals surface area (Å²) in [5.41, 5.74) is 4.04. The van der Waals surface area contributed by atoms with E-state index in [1.165, 1.54) is 0 Å². The van der Waals surface area contributed by atoms with Gasteiger partial charge in [-0.05, 0) is 19.4 Å². The van der Waals surface area contributed by atoms with Crippen LogP contribution in [0.3, 0.4) is 0 Å². The number of anilines is 1. The minimum absolute atomic E-state index is 0.721. The van der Waals surface area contributed by atoms with Crippen molar-refractivity contribution in [2.45, 2.75) is 13.8 Å². The lowest BCUT2D eigenvalue weighted by Crippen LogP contribution is -2.13. The minimum atomic E-state index is 0.721. The van der Waals surface area contributed by atoms with Crippen molar-refractivity contribution < 1.29 is 0 Å². The molecule has 0 bridgehead atoms. The molecule has 5 heteroatoms. The van der Waals surface area contributed by atoms with Crippen LogP contribution in [0.2, 0.25) is 0 Å². The highest BCUT2D eigenvalue weighted by atomic mass is 15.2. The first kappa shape index (κ1) is 10.6. The Bertz CT molecular complexity index is 501. The van der Waals surface area contributed by atoms with Crippen molar-refractivity contribution in [3.63, 3.8) is 0 Å². The van der Waals surface area contributed by atoms with Crippen molar-refractivity contribution in [3.05, 3.63) is 23.7 Å². The molecule has 5 nitrogen and oxygen atoms in total. The van der Waals surface area contributed by atoms with E-state index in [1.807, 2.05) is 39.0 Å². The first-order chi connectivity index (χ1) is 7.59. The van der Waals surface area contributed by atoms with E-state index in [2.05, 4.69) is 20.2 Å². The Labute approximate surface area is 94.5 Å². The summed E-state index contributed by atoms with van der Waals surface area (Å²) in [5.74, 6) is 0.721. The van der Waals surface area contributed by atoms with Gasteiger partial charge in [0.05, 0.1) is 17.6 Å². The number of rotatable bonds is 2. The Hall–Kier alpha value is -1.91. The van der Waals surface area contributed by atoms with E-state index in [9.17, 15) is 0 Å². The van der Waals surface area contributed by atoms with Crippen LogP contribution in [0.1, 0.15) is 11.3 Å². The molecule has 0 aliphatic rings. The maximum absolute atomic E-state index is 4.44. The molecule has 0 aliphatic heterocycles. The van der Waals surface area contributed by atoms with Crippen LogP contribution in [0.25, 0.3) is 11.3 Å². The van der Waals surface area contributed by atoms with Gasteiger partial charge in [-0.2, -0.15) is 5.10 Å². The van der Waals surface area contributed by atoms with Crippen LogP contribution >= 0.6 is 0 Å². The Balaban J connectivity index is 2.48. The quantitative estimate of drug-likeness (QED) is 0.829. The Kier molecular flexibility index (Phi) is 2.60. The van der Waals surface area contributed by atoms with Gasteiger partial charge < -0.3 is 4.90 Å². The van der Waals surface area contributed by atoms with Crippen LogP contribution in [0.4, 0.5) is 5.95 Å². The maximum atomic E-state index is 4.44. The number of hydrogen-bond donors (Lipinski definition) is 1. The molecule has 84 valence electrons. The van der Waals surface area contributed by atoms with E-state index in [-0.39, 0.29) is 0 Å². The predicted octanol–water partition coefficient (Wildman–Crippen LogP) is 1.55. The van der Waals surface area contributed by atoms with Gasteiger partial charge in [0.25, 0.3) is 0 Å². The van der Waals surface area contributed by atoms with Crippen LogP contribution in [0.15, 0.2) is 12.4 Å². The number of nitrogens with zero attached hydrogens (tertiary/aromatic N) is 4. The summed E-state index contributed by atoms with van der Waals surface area (Å²) in [5, 5.41) is 6.97. The molecule has 2 rings (SSSR count). The minimum Gasteiger partial charge on any atom is -0.347 e. The Morgan fingerprint density at radius 3 is 2.44 bits per heavy atom. The van der Waals surface area contributed by atoms with Gasteiger partial charge in [-0.15, -0.1) is 0 Å². The lowest BCUT2D eigenvalue weighted by atomic mass is 10.1. The number of nitrogens with one attached hydrogen (secondary N) is 1. The Morgan fingerprint density at radius 2 is 1.94 bits per heavy atom. The van der Waals surface area contributed by atoms with Crippen molar-refractivity contribution in [2.75, 3.05) is 19.0 Å². The van der Waals surface area contributed by atoms with Gasteiger partial charge in [0.15, 0.2) is 0 Å². The lowest BCUT2D eigenvalue weighted by molar-refractivity contribution is 0.975. The van der Waals surface area contributed by atoms with Crippen LogP contribution in [0, 0.1) is 13.8 Å². The molecule has 0 fully saturated rings. The summed E-state index contributed by atoms with van der Waals surface area (Å²) in [7, 11) is 3.85. The average Bonchev–Trinajstić information content (AvgIpc) is 2.64. The molecule has 16 heavy (non-hydrogen) atoms. The third kappa shape index (κ3) is 1.76. The van der Waals surface area contributed by atoms with E-state index >= 15 is 0 Å². The van der Waals surface area contributed by atoms with Crippen LogP contribution in [-0.2, 0) is 0 Å². The highest BCUT2D eigenvalue weighted by molar-refractivity contribution is 5.64. The zero-order chi connectivity index (χ0) is 11.7. The maximum Gasteiger partial charge on any atom is 0.225 e. The van der Waals surface area contributed by atoms with E-state index < -0.39 is 0 Å². The van der Waals surface area contributed by atoms with Gasteiger partial charge in [-0.25, -0.2) is 9.97 Å². The van der Waals surface area contributed by atoms with Gasteiger partial charge in [0, 0.05) is 25.9 Å². The zero-order valence-corrected chi connectivity index (χ0v) is 9.94. The highest BCUT2D eigenvalue weighted by Crippen LogP contribution is 2.23. The monoisotopic (exact) mass is 217 g/mol. The summed E-state index contributed by atoms with van der Waals surface area (Å²) in [6, 6.07) is 0. The molecule has 0 aromatic carbocycles. The van der Waals surface area contributed by atoms with Crippen molar-refractivity contribution in [1.29, 1.82) is 0 Å². The first-order valence-corrected chi connectivity index (χ1v) is 5.11. The summed E-state index contributed by atoms with van der Waals surface area (Å²) < 4.78 is 0. The fourth-order valence-electron chi connectivity index (χ4n) is 1.53. The molecule has 2 aromatic rings. The molecule has 0 saturated carbocycles. The van der Waals surface area contributed by atoms with Gasteiger partial charge in [0.2, 0.25) is 5.95 Å². The molecule has 0 radical (unpaired) electrons. The topological polar surface area (TPSA) is 57.7 Å². The normalized spacial score (nSPS) is 10.5. The number of hydrogen-bond acceptors (Lipinski definition) is 4. The molecule has 0 unspecified atom stereocenters.